The summed E-state index contributed by atoms with van der Waals surface area (Å²) < 4.78 is 0. The number of aromatic nitrogens is 1. The lowest BCUT2D eigenvalue weighted by molar-refractivity contribution is 0.252. The molecule has 3 heteroatoms. The van der Waals surface area contributed by atoms with Crippen molar-refractivity contribution in [3.63, 3.8) is 0 Å². The Kier molecular flexibility index (Phi) is 2.99. The molecule has 1 saturated carbocycles. The van der Waals surface area contributed by atoms with Crippen LogP contribution in [-0.4, -0.2) is 4.98 Å². The molecule has 0 saturated heterocycles. The third-order valence-corrected chi connectivity index (χ3v) is 5.75. The highest BCUT2D eigenvalue weighted by molar-refractivity contribution is 7.11. The Morgan fingerprint density at radius 1 is 1.47 bits per heavy atom. The molecule has 2 N–H and O–H groups in total. The quantitative estimate of drug-likeness (QED) is 0.893. The van der Waals surface area contributed by atoms with Gasteiger partial charge in [-0.15, -0.1) is 11.3 Å². The van der Waals surface area contributed by atoms with E-state index in [2.05, 4.69) is 6.92 Å². The second-order valence-electron chi connectivity index (χ2n) is 5.80. The van der Waals surface area contributed by atoms with E-state index in [0.717, 1.165) is 18.8 Å². The molecule has 0 aliphatic heterocycles. The van der Waals surface area contributed by atoms with Gasteiger partial charge in [0.1, 0.15) is 5.01 Å². The zero-order chi connectivity index (χ0) is 11.9. The van der Waals surface area contributed by atoms with Gasteiger partial charge < -0.3 is 5.73 Å². The maximum absolute atomic E-state index is 6.38. The minimum absolute atomic E-state index is 0.0533. The van der Waals surface area contributed by atoms with Crippen molar-refractivity contribution in [3.8, 4) is 0 Å². The van der Waals surface area contributed by atoms with Crippen LogP contribution >= 0.6 is 11.3 Å². The van der Waals surface area contributed by atoms with Gasteiger partial charge in [0.15, 0.2) is 0 Å². The fourth-order valence-electron chi connectivity index (χ4n) is 3.08. The van der Waals surface area contributed by atoms with Crippen LogP contribution in [0, 0.1) is 5.92 Å². The summed E-state index contributed by atoms with van der Waals surface area (Å²) in [6.45, 7) is 2.29. The third-order valence-electron chi connectivity index (χ3n) is 4.41. The van der Waals surface area contributed by atoms with Crippen LogP contribution in [0.1, 0.15) is 61.0 Å². The average molecular weight is 250 g/mol. The van der Waals surface area contributed by atoms with E-state index in [1.54, 1.807) is 4.88 Å². The highest BCUT2D eigenvalue weighted by Gasteiger charge is 2.38. The smallest absolute Gasteiger partial charge is 0.113 e. The van der Waals surface area contributed by atoms with E-state index in [1.807, 2.05) is 11.3 Å². The predicted octanol–water partition coefficient (Wildman–Crippen LogP) is 3.39. The zero-order valence-corrected chi connectivity index (χ0v) is 11.5. The van der Waals surface area contributed by atoms with Gasteiger partial charge in [-0.2, -0.15) is 0 Å². The van der Waals surface area contributed by atoms with Gasteiger partial charge in [-0.25, -0.2) is 4.98 Å². The molecule has 17 heavy (non-hydrogen) atoms. The third kappa shape index (κ3) is 2.04. The Balaban J connectivity index is 1.79. The van der Waals surface area contributed by atoms with Crippen molar-refractivity contribution in [3.05, 3.63) is 15.6 Å². The van der Waals surface area contributed by atoms with Crippen molar-refractivity contribution in [1.82, 2.24) is 4.98 Å². The van der Waals surface area contributed by atoms with Gasteiger partial charge >= 0.3 is 0 Å². The van der Waals surface area contributed by atoms with Crippen LogP contribution in [0.4, 0.5) is 0 Å². The number of rotatable bonds is 3. The van der Waals surface area contributed by atoms with Gasteiger partial charge in [0.05, 0.1) is 11.2 Å². The van der Waals surface area contributed by atoms with Crippen molar-refractivity contribution >= 4 is 11.3 Å². The number of hydrogen-bond donors (Lipinski definition) is 1. The monoisotopic (exact) mass is 250 g/mol. The van der Waals surface area contributed by atoms with E-state index in [4.69, 9.17) is 10.7 Å². The lowest BCUT2D eigenvalue weighted by Crippen LogP contribution is -2.43. The fourth-order valence-corrected chi connectivity index (χ4v) is 4.46. The molecule has 2 aliphatic rings. The molecule has 0 aromatic carbocycles. The lowest BCUT2D eigenvalue weighted by atomic mass is 9.78. The lowest BCUT2D eigenvalue weighted by Gasteiger charge is -2.35. The minimum atomic E-state index is -0.0533. The molecule has 2 nitrogen and oxygen atoms in total. The average Bonchev–Trinajstić information content (AvgIpc) is 2.69. The molecule has 3 rings (SSSR count). The van der Waals surface area contributed by atoms with Gasteiger partial charge in [0.2, 0.25) is 0 Å². The first kappa shape index (κ1) is 11.7. The maximum atomic E-state index is 6.38. The minimum Gasteiger partial charge on any atom is -0.319 e. The molecule has 1 aromatic rings. The SMILES string of the molecule is CCCC1CCc2nc(C3(N)CCC3)sc2C1. The Bertz CT molecular complexity index is 406. The molecule has 1 fully saturated rings. The van der Waals surface area contributed by atoms with Gasteiger partial charge in [0.25, 0.3) is 0 Å². The second kappa shape index (κ2) is 4.36. The largest absolute Gasteiger partial charge is 0.319 e. The first-order chi connectivity index (χ1) is 8.21. The van der Waals surface area contributed by atoms with Gasteiger partial charge in [-0.05, 0) is 44.4 Å². The highest BCUT2D eigenvalue weighted by atomic mass is 32.1. The summed E-state index contributed by atoms with van der Waals surface area (Å²) in [5.74, 6) is 0.899. The molecule has 2 aliphatic carbocycles. The molecular weight excluding hydrogens is 228 g/mol. The molecule has 1 unspecified atom stereocenters. The van der Waals surface area contributed by atoms with E-state index in [0.29, 0.717) is 0 Å². The topological polar surface area (TPSA) is 38.9 Å². The van der Waals surface area contributed by atoms with Crippen molar-refractivity contribution in [1.29, 1.82) is 0 Å². The van der Waals surface area contributed by atoms with Crippen molar-refractivity contribution in [2.24, 2.45) is 11.7 Å². The summed E-state index contributed by atoms with van der Waals surface area (Å²) in [4.78, 5) is 6.38. The standard InChI is InChI=1S/C14H22N2S/c1-2-4-10-5-6-11-12(9-10)17-13(16-11)14(15)7-3-8-14/h10H,2-9,15H2,1H3. The Hall–Kier alpha value is -0.410. The predicted molar refractivity (Wildman–Crippen MR) is 72.3 cm³/mol. The van der Waals surface area contributed by atoms with Crippen LogP contribution in [0.15, 0.2) is 0 Å². The number of aryl methyl sites for hydroxylation is 1. The molecule has 1 aromatic heterocycles. The van der Waals surface area contributed by atoms with Crippen molar-refractivity contribution < 1.29 is 0 Å². The molecule has 0 radical (unpaired) electrons. The molecule has 0 bridgehead atoms. The first-order valence-electron chi connectivity index (χ1n) is 6.99. The van der Waals surface area contributed by atoms with Crippen molar-refractivity contribution in [2.75, 3.05) is 0 Å². The highest BCUT2D eigenvalue weighted by Crippen LogP contribution is 2.43. The summed E-state index contributed by atoms with van der Waals surface area (Å²) in [7, 11) is 0. The summed E-state index contributed by atoms with van der Waals surface area (Å²) in [5, 5.41) is 1.23. The number of fused-ring (bicyclic) bond motifs is 1. The van der Waals surface area contributed by atoms with Crippen LogP contribution in [0.25, 0.3) is 0 Å². The number of nitrogens with two attached hydrogens (primary N) is 1. The molecule has 0 spiro atoms. The Morgan fingerprint density at radius 3 is 2.94 bits per heavy atom. The maximum Gasteiger partial charge on any atom is 0.113 e. The molecule has 0 amide bonds. The van der Waals surface area contributed by atoms with E-state index in [-0.39, 0.29) is 5.54 Å². The van der Waals surface area contributed by atoms with Crippen LogP contribution in [0.3, 0.4) is 0 Å². The van der Waals surface area contributed by atoms with E-state index >= 15 is 0 Å². The van der Waals surface area contributed by atoms with Crippen LogP contribution in [0.5, 0.6) is 0 Å². The van der Waals surface area contributed by atoms with Crippen molar-refractivity contribution in [2.45, 2.75) is 63.8 Å². The van der Waals surface area contributed by atoms with Crippen LogP contribution in [0.2, 0.25) is 0 Å². The Morgan fingerprint density at radius 2 is 2.29 bits per heavy atom. The summed E-state index contributed by atoms with van der Waals surface area (Å²) in [6.07, 6.45) is 10.0. The molecular formula is C14H22N2S. The normalized spacial score (nSPS) is 26.4. The van der Waals surface area contributed by atoms with Crippen LogP contribution in [-0.2, 0) is 18.4 Å². The molecule has 1 atom stereocenters. The molecule has 94 valence electrons. The fraction of sp³-hybridized carbons (Fsp3) is 0.786. The van der Waals surface area contributed by atoms with Gasteiger partial charge in [-0.3, -0.25) is 0 Å². The molecule has 1 heterocycles. The van der Waals surface area contributed by atoms with Gasteiger partial charge in [0, 0.05) is 4.88 Å². The summed E-state index contributed by atoms with van der Waals surface area (Å²) in [5.41, 5.74) is 7.69. The number of thiazole rings is 1. The number of hydrogen-bond acceptors (Lipinski definition) is 3. The summed E-state index contributed by atoms with van der Waals surface area (Å²) >= 11 is 1.91. The summed E-state index contributed by atoms with van der Waals surface area (Å²) in [6, 6.07) is 0. The first-order valence-corrected chi connectivity index (χ1v) is 7.81. The second-order valence-corrected chi connectivity index (χ2v) is 6.88. The van der Waals surface area contributed by atoms with Gasteiger partial charge in [-0.1, -0.05) is 19.8 Å². The zero-order valence-electron chi connectivity index (χ0n) is 10.7. The Labute approximate surface area is 108 Å². The van der Waals surface area contributed by atoms with E-state index in [9.17, 15) is 0 Å². The van der Waals surface area contributed by atoms with Crippen LogP contribution < -0.4 is 5.73 Å². The van der Waals surface area contributed by atoms with E-state index in [1.165, 1.54) is 49.2 Å². The number of nitrogens with zero attached hydrogens (tertiary/aromatic N) is 1. The van der Waals surface area contributed by atoms with E-state index < -0.39 is 0 Å².